The summed E-state index contributed by atoms with van der Waals surface area (Å²) in [5.41, 5.74) is 3.24. The van der Waals surface area contributed by atoms with Crippen LogP contribution in [-0.4, -0.2) is 44.9 Å². The number of methoxy groups -OCH3 is 1. The van der Waals surface area contributed by atoms with E-state index in [4.69, 9.17) is 9.47 Å². The molecule has 3 heteroatoms. The molecular formula is C17H23NO2. The van der Waals surface area contributed by atoms with Gasteiger partial charge in [-0.3, -0.25) is 0 Å². The molecule has 0 saturated carbocycles. The average Bonchev–Trinajstić information content (AvgIpc) is 2.50. The van der Waals surface area contributed by atoms with E-state index >= 15 is 0 Å². The summed E-state index contributed by atoms with van der Waals surface area (Å²) in [6.45, 7) is 3.00. The molecule has 1 aromatic carbocycles. The third kappa shape index (κ3) is 1.60. The van der Waals surface area contributed by atoms with Gasteiger partial charge < -0.3 is 14.4 Å². The summed E-state index contributed by atoms with van der Waals surface area (Å²) in [5.74, 6) is 1.73. The van der Waals surface area contributed by atoms with Crippen LogP contribution >= 0.6 is 0 Å². The van der Waals surface area contributed by atoms with Gasteiger partial charge in [-0.15, -0.1) is 0 Å². The molecule has 0 spiro atoms. The van der Waals surface area contributed by atoms with E-state index < -0.39 is 0 Å². The number of fused-ring (bicyclic) bond motifs is 1. The van der Waals surface area contributed by atoms with E-state index in [1.54, 1.807) is 7.11 Å². The lowest BCUT2D eigenvalue weighted by Crippen LogP contribution is -2.62. The molecule has 0 unspecified atom stereocenters. The van der Waals surface area contributed by atoms with Crippen LogP contribution in [0.1, 0.15) is 24.0 Å². The van der Waals surface area contributed by atoms with Crippen molar-refractivity contribution in [2.45, 2.75) is 30.7 Å². The third-order valence-corrected chi connectivity index (χ3v) is 5.87. The molecule has 108 valence electrons. The molecule has 0 aromatic heterocycles. The number of rotatable bonds is 1. The van der Waals surface area contributed by atoms with Gasteiger partial charge in [0.2, 0.25) is 0 Å². The molecule has 3 atom stereocenters. The minimum Gasteiger partial charge on any atom is -0.497 e. The Balaban J connectivity index is 1.88. The van der Waals surface area contributed by atoms with Crippen LogP contribution in [0.25, 0.3) is 0 Å². The van der Waals surface area contributed by atoms with Gasteiger partial charge in [-0.25, -0.2) is 0 Å². The van der Waals surface area contributed by atoms with Crippen molar-refractivity contribution in [3.63, 3.8) is 0 Å². The lowest BCUT2D eigenvalue weighted by molar-refractivity contribution is -0.0765. The molecule has 2 saturated heterocycles. The standard InChI is InChI=1S/C17H23NO2/c1-18-7-6-17-11-20-8-5-14(17)16(18)9-12-3-4-13(19-2)10-15(12)17/h3-4,10,14,16H,5-9,11H2,1-2H3/t14-,16+,17-/m0/s1. The second-order valence-corrected chi connectivity index (χ2v) is 6.63. The maximum Gasteiger partial charge on any atom is 0.119 e. The smallest absolute Gasteiger partial charge is 0.119 e. The van der Waals surface area contributed by atoms with Crippen LogP contribution in [0.4, 0.5) is 0 Å². The van der Waals surface area contributed by atoms with E-state index in [-0.39, 0.29) is 5.41 Å². The fourth-order valence-electron chi connectivity index (χ4n) is 4.77. The highest BCUT2D eigenvalue weighted by atomic mass is 16.5. The molecule has 1 aromatic rings. The van der Waals surface area contributed by atoms with Crippen molar-refractivity contribution in [2.24, 2.45) is 5.92 Å². The van der Waals surface area contributed by atoms with E-state index in [0.717, 1.165) is 24.9 Å². The first-order valence-electron chi connectivity index (χ1n) is 7.70. The topological polar surface area (TPSA) is 21.7 Å². The normalized spacial score (nSPS) is 36.1. The molecule has 20 heavy (non-hydrogen) atoms. The number of hydrogen-bond acceptors (Lipinski definition) is 3. The van der Waals surface area contributed by atoms with Crippen molar-refractivity contribution in [1.29, 1.82) is 0 Å². The molecule has 0 radical (unpaired) electrons. The Morgan fingerprint density at radius 2 is 2.30 bits per heavy atom. The van der Waals surface area contributed by atoms with Crippen LogP contribution in [0.3, 0.4) is 0 Å². The van der Waals surface area contributed by atoms with Gasteiger partial charge in [0.25, 0.3) is 0 Å². The summed E-state index contributed by atoms with van der Waals surface area (Å²) in [5, 5.41) is 0. The second kappa shape index (κ2) is 4.47. The average molecular weight is 273 g/mol. The van der Waals surface area contributed by atoms with Crippen molar-refractivity contribution in [1.82, 2.24) is 4.90 Å². The predicted octanol–water partition coefficient (Wildman–Crippen LogP) is 2.23. The summed E-state index contributed by atoms with van der Waals surface area (Å²) >= 11 is 0. The van der Waals surface area contributed by atoms with Gasteiger partial charge in [0.1, 0.15) is 5.75 Å². The molecule has 0 N–H and O–H groups in total. The minimum atomic E-state index is 0.234. The largest absolute Gasteiger partial charge is 0.497 e. The van der Waals surface area contributed by atoms with Crippen molar-refractivity contribution >= 4 is 0 Å². The summed E-state index contributed by atoms with van der Waals surface area (Å²) in [6, 6.07) is 7.34. The lowest BCUT2D eigenvalue weighted by atomic mass is 9.56. The Kier molecular flexibility index (Phi) is 2.83. The van der Waals surface area contributed by atoms with Crippen LogP contribution in [0, 0.1) is 5.92 Å². The highest BCUT2D eigenvalue weighted by Gasteiger charge is 2.53. The molecule has 0 amide bonds. The molecule has 1 aliphatic carbocycles. The number of nitrogens with zero attached hydrogens (tertiary/aromatic N) is 1. The van der Waals surface area contributed by atoms with Crippen molar-refractivity contribution in [3.05, 3.63) is 29.3 Å². The molecule has 4 rings (SSSR count). The predicted molar refractivity (Wildman–Crippen MR) is 78.3 cm³/mol. The molecule has 2 fully saturated rings. The Hall–Kier alpha value is -1.06. The van der Waals surface area contributed by atoms with Gasteiger partial charge in [-0.1, -0.05) is 6.07 Å². The molecule has 3 nitrogen and oxygen atoms in total. The first kappa shape index (κ1) is 12.7. The molecule has 2 bridgehead atoms. The zero-order valence-corrected chi connectivity index (χ0v) is 12.4. The van der Waals surface area contributed by atoms with E-state index in [1.807, 2.05) is 0 Å². The van der Waals surface area contributed by atoms with Gasteiger partial charge in [-0.2, -0.15) is 0 Å². The first-order chi connectivity index (χ1) is 9.74. The summed E-state index contributed by atoms with van der Waals surface area (Å²) in [4.78, 5) is 2.57. The van der Waals surface area contributed by atoms with Crippen molar-refractivity contribution in [3.8, 4) is 5.75 Å². The summed E-state index contributed by atoms with van der Waals surface area (Å²) in [7, 11) is 4.05. The van der Waals surface area contributed by atoms with Crippen LogP contribution < -0.4 is 4.74 Å². The molecule has 2 aliphatic heterocycles. The van der Waals surface area contributed by atoms with Crippen LogP contribution in [0.5, 0.6) is 5.75 Å². The zero-order chi connectivity index (χ0) is 13.7. The lowest BCUT2D eigenvalue weighted by Gasteiger charge is -2.58. The van der Waals surface area contributed by atoms with E-state index in [9.17, 15) is 0 Å². The summed E-state index contributed by atoms with van der Waals surface area (Å²) in [6.07, 6.45) is 3.60. The number of ether oxygens (including phenoxy) is 2. The summed E-state index contributed by atoms with van der Waals surface area (Å²) < 4.78 is 11.4. The fourth-order valence-corrected chi connectivity index (χ4v) is 4.77. The first-order valence-corrected chi connectivity index (χ1v) is 7.70. The fraction of sp³-hybridized carbons (Fsp3) is 0.647. The molecule has 2 heterocycles. The van der Waals surface area contributed by atoms with Gasteiger partial charge in [0.15, 0.2) is 0 Å². The number of likely N-dealkylation sites (tertiary alicyclic amines) is 1. The quantitative estimate of drug-likeness (QED) is 0.783. The maximum absolute atomic E-state index is 5.92. The van der Waals surface area contributed by atoms with E-state index in [2.05, 4.69) is 30.1 Å². The van der Waals surface area contributed by atoms with Crippen molar-refractivity contribution in [2.75, 3.05) is 33.9 Å². The SMILES string of the molecule is COc1ccc2c(c1)[C@]13CCN(C)[C@H](C2)[C@@H]1CCOC3. The number of piperidine rings is 1. The number of likely N-dealkylation sites (N-methyl/N-ethyl adjacent to an activating group) is 1. The number of hydrogen-bond donors (Lipinski definition) is 0. The van der Waals surface area contributed by atoms with Crippen LogP contribution in [0.15, 0.2) is 18.2 Å². The Morgan fingerprint density at radius 1 is 1.40 bits per heavy atom. The van der Waals surface area contributed by atoms with Crippen LogP contribution in [0.2, 0.25) is 0 Å². The molecular weight excluding hydrogens is 250 g/mol. The highest BCUT2D eigenvalue weighted by molar-refractivity contribution is 5.45. The van der Waals surface area contributed by atoms with E-state index in [0.29, 0.717) is 6.04 Å². The van der Waals surface area contributed by atoms with Crippen LogP contribution in [-0.2, 0) is 16.6 Å². The Morgan fingerprint density at radius 3 is 3.15 bits per heavy atom. The number of benzene rings is 1. The third-order valence-electron chi connectivity index (χ3n) is 5.87. The van der Waals surface area contributed by atoms with Gasteiger partial charge >= 0.3 is 0 Å². The maximum atomic E-state index is 5.92. The van der Waals surface area contributed by atoms with Gasteiger partial charge in [-0.05, 0) is 62.0 Å². The highest BCUT2D eigenvalue weighted by Crippen LogP contribution is 2.52. The van der Waals surface area contributed by atoms with Gasteiger partial charge in [0, 0.05) is 18.1 Å². The van der Waals surface area contributed by atoms with E-state index in [1.165, 1.54) is 36.9 Å². The van der Waals surface area contributed by atoms with Gasteiger partial charge in [0.05, 0.1) is 13.7 Å². The zero-order valence-electron chi connectivity index (χ0n) is 12.4. The Labute approximate surface area is 120 Å². The minimum absolute atomic E-state index is 0.234. The monoisotopic (exact) mass is 273 g/mol. The second-order valence-electron chi connectivity index (χ2n) is 6.63. The van der Waals surface area contributed by atoms with Crippen molar-refractivity contribution < 1.29 is 9.47 Å². The Bertz CT molecular complexity index is 530. The molecule has 3 aliphatic rings.